The topological polar surface area (TPSA) is 37.4 Å². The lowest BCUT2D eigenvalue weighted by Gasteiger charge is -2.25. The van der Waals surface area contributed by atoms with Gasteiger partial charge in [0.25, 0.3) is 0 Å². The first-order valence-electron chi connectivity index (χ1n) is 9.56. The van der Waals surface area contributed by atoms with E-state index in [9.17, 15) is 0 Å². The highest BCUT2D eigenvalue weighted by Gasteiger charge is 2.10. The largest absolute Gasteiger partial charge is 0.497 e. The van der Waals surface area contributed by atoms with Crippen molar-refractivity contribution < 1.29 is 4.74 Å². The van der Waals surface area contributed by atoms with Crippen LogP contribution in [0.1, 0.15) is 40.0 Å². The van der Waals surface area contributed by atoms with Crippen LogP contribution in [-0.4, -0.2) is 43.2 Å². The van der Waals surface area contributed by atoms with Crippen molar-refractivity contribution in [2.75, 3.05) is 38.6 Å². The van der Waals surface area contributed by atoms with Crippen molar-refractivity contribution in [3.63, 3.8) is 0 Å². The van der Waals surface area contributed by atoms with Crippen molar-refractivity contribution >= 4 is 29.0 Å². The normalized spacial score (nSPS) is 12.0. The van der Waals surface area contributed by atoms with Crippen LogP contribution >= 0.6 is 12.4 Å². The first-order chi connectivity index (χ1) is 12.2. The molecule has 0 bridgehead atoms. The average molecular weight is 380 g/mol. The summed E-state index contributed by atoms with van der Waals surface area (Å²) in [4.78, 5) is 7.12. The van der Waals surface area contributed by atoms with E-state index in [1.165, 1.54) is 32.4 Å². The van der Waals surface area contributed by atoms with Gasteiger partial charge in [0.1, 0.15) is 5.75 Å². The predicted molar refractivity (Wildman–Crippen MR) is 115 cm³/mol. The number of unbranched alkanes of at least 4 members (excludes halogenated alkanes) is 1. The Bertz CT molecular complexity index is 650. The molecule has 1 aromatic heterocycles. The van der Waals surface area contributed by atoms with Crippen molar-refractivity contribution in [2.24, 2.45) is 5.92 Å². The summed E-state index contributed by atoms with van der Waals surface area (Å²) < 4.78 is 5.43. The molecule has 1 aromatic carbocycles. The third-order valence-corrected chi connectivity index (χ3v) is 4.75. The van der Waals surface area contributed by atoms with Gasteiger partial charge in [-0.1, -0.05) is 39.7 Å². The van der Waals surface area contributed by atoms with E-state index in [1.54, 1.807) is 7.11 Å². The molecule has 26 heavy (non-hydrogen) atoms. The molecule has 0 aliphatic carbocycles. The number of nitrogens with zero attached hydrogens (tertiary/aromatic N) is 2. The Morgan fingerprint density at radius 2 is 2.04 bits per heavy atom. The number of ether oxygens (including phenoxy) is 1. The van der Waals surface area contributed by atoms with Crippen LogP contribution in [0, 0.1) is 5.92 Å². The Morgan fingerprint density at radius 3 is 2.73 bits per heavy atom. The summed E-state index contributed by atoms with van der Waals surface area (Å²) >= 11 is 0. The number of aromatic nitrogens is 1. The van der Waals surface area contributed by atoms with Gasteiger partial charge in [0.15, 0.2) is 0 Å². The minimum atomic E-state index is 0. The second-order valence-corrected chi connectivity index (χ2v) is 6.84. The van der Waals surface area contributed by atoms with Crippen LogP contribution in [-0.2, 0) is 0 Å². The molecule has 0 amide bonds. The van der Waals surface area contributed by atoms with Crippen molar-refractivity contribution in [1.29, 1.82) is 0 Å². The predicted octanol–water partition coefficient (Wildman–Crippen LogP) is 5.23. The smallest absolute Gasteiger partial charge is 0.121 e. The molecule has 0 aliphatic heterocycles. The zero-order valence-corrected chi connectivity index (χ0v) is 17.4. The number of hydrogen-bond acceptors (Lipinski definition) is 4. The fraction of sp³-hybridized carbons (Fsp3) is 0.571. The van der Waals surface area contributed by atoms with Crippen LogP contribution in [0.4, 0.5) is 5.69 Å². The maximum absolute atomic E-state index is 5.43. The van der Waals surface area contributed by atoms with Crippen molar-refractivity contribution in [2.45, 2.75) is 40.0 Å². The van der Waals surface area contributed by atoms with E-state index < -0.39 is 0 Å². The quantitative estimate of drug-likeness (QED) is 0.580. The lowest BCUT2D eigenvalue weighted by atomic mass is 10.1. The van der Waals surface area contributed by atoms with E-state index in [0.29, 0.717) is 0 Å². The number of benzene rings is 1. The van der Waals surface area contributed by atoms with Crippen LogP contribution in [0.25, 0.3) is 10.9 Å². The Labute approximate surface area is 164 Å². The first kappa shape index (κ1) is 22.5. The van der Waals surface area contributed by atoms with Gasteiger partial charge in [-0.05, 0) is 31.0 Å². The minimum absolute atomic E-state index is 0. The van der Waals surface area contributed by atoms with E-state index >= 15 is 0 Å². The monoisotopic (exact) mass is 379 g/mol. The lowest BCUT2D eigenvalue weighted by molar-refractivity contribution is 0.239. The molecule has 1 heterocycles. The van der Waals surface area contributed by atoms with Crippen LogP contribution in [0.5, 0.6) is 5.75 Å². The lowest BCUT2D eigenvalue weighted by Crippen LogP contribution is -2.33. The Morgan fingerprint density at radius 1 is 1.23 bits per heavy atom. The molecule has 2 rings (SSSR count). The molecule has 0 saturated carbocycles. The summed E-state index contributed by atoms with van der Waals surface area (Å²) in [5.41, 5.74) is 2.05. The van der Waals surface area contributed by atoms with E-state index in [4.69, 9.17) is 4.74 Å². The fourth-order valence-corrected chi connectivity index (χ4v) is 3.01. The molecule has 1 atom stereocenters. The van der Waals surface area contributed by atoms with Crippen molar-refractivity contribution in [3.05, 3.63) is 30.5 Å². The van der Waals surface area contributed by atoms with Gasteiger partial charge in [-0.3, -0.25) is 4.98 Å². The highest BCUT2D eigenvalue weighted by molar-refractivity contribution is 5.91. The number of pyridine rings is 1. The molecule has 5 heteroatoms. The van der Waals surface area contributed by atoms with Gasteiger partial charge in [-0.25, -0.2) is 0 Å². The number of fused-ring (bicyclic) bond motifs is 1. The molecular weight excluding hydrogens is 346 g/mol. The second-order valence-electron chi connectivity index (χ2n) is 6.84. The SMILES string of the molecule is CCCCN(CCNc1cc(OC)cc2cccnc12)CC(C)CC.Cl. The van der Waals surface area contributed by atoms with Crippen LogP contribution in [0.15, 0.2) is 30.5 Å². The third kappa shape index (κ3) is 6.65. The summed E-state index contributed by atoms with van der Waals surface area (Å²) in [6.45, 7) is 11.2. The van der Waals surface area contributed by atoms with Gasteiger partial charge in [-0.2, -0.15) is 0 Å². The molecule has 2 aromatic rings. The highest BCUT2D eigenvalue weighted by atomic mass is 35.5. The molecule has 4 nitrogen and oxygen atoms in total. The number of rotatable bonds is 11. The van der Waals surface area contributed by atoms with Gasteiger partial charge in [-0.15, -0.1) is 12.4 Å². The number of anilines is 1. The van der Waals surface area contributed by atoms with E-state index in [-0.39, 0.29) is 12.4 Å². The molecule has 146 valence electrons. The van der Waals surface area contributed by atoms with Gasteiger partial charge in [0.05, 0.1) is 18.3 Å². The van der Waals surface area contributed by atoms with Crippen molar-refractivity contribution in [1.82, 2.24) is 9.88 Å². The molecule has 1 unspecified atom stereocenters. The number of nitrogens with one attached hydrogen (secondary N) is 1. The maximum Gasteiger partial charge on any atom is 0.121 e. The van der Waals surface area contributed by atoms with Crippen molar-refractivity contribution in [3.8, 4) is 5.75 Å². The molecule has 0 spiro atoms. The molecule has 0 saturated heterocycles. The molecule has 0 fully saturated rings. The minimum Gasteiger partial charge on any atom is -0.497 e. The summed E-state index contributed by atoms with van der Waals surface area (Å²) in [7, 11) is 1.71. The Kier molecular flexibility index (Phi) is 10.4. The van der Waals surface area contributed by atoms with Crippen LogP contribution in [0.3, 0.4) is 0 Å². The maximum atomic E-state index is 5.43. The first-order valence-corrected chi connectivity index (χ1v) is 9.56. The number of hydrogen-bond donors (Lipinski definition) is 1. The van der Waals surface area contributed by atoms with E-state index in [2.05, 4.69) is 42.0 Å². The summed E-state index contributed by atoms with van der Waals surface area (Å²) in [6, 6.07) is 8.11. The van der Waals surface area contributed by atoms with E-state index in [1.807, 2.05) is 24.4 Å². The molecule has 0 aliphatic rings. The molecule has 1 N–H and O–H groups in total. The Balaban J connectivity index is 0.00000338. The third-order valence-electron chi connectivity index (χ3n) is 4.75. The Hall–Kier alpha value is -1.52. The summed E-state index contributed by atoms with van der Waals surface area (Å²) in [6.07, 6.45) is 5.59. The molecule has 0 radical (unpaired) electrons. The number of methoxy groups -OCH3 is 1. The number of halogens is 1. The van der Waals surface area contributed by atoms with Gasteiger partial charge < -0.3 is 15.0 Å². The fourth-order valence-electron chi connectivity index (χ4n) is 3.01. The van der Waals surface area contributed by atoms with Gasteiger partial charge in [0.2, 0.25) is 0 Å². The summed E-state index contributed by atoms with van der Waals surface area (Å²) in [5, 5.41) is 4.68. The average Bonchev–Trinajstić information content (AvgIpc) is 2.65. The van der Waals surface area contributed by atoms with Crippen LogP contribution in [0.2, 0.25) is 0 Å². The second kappa shape index (κ2) is 12.0. The molecular formula is C21H34ClN3O. The van der Waals surface area contributed by atoms with Gasteiger partial charge >= 0.3 is 0 Å². The van der Waals surface area contributed by atoms with Crippen LogP contribution < -0.4 is 10.1 Å². The standard InChI is InChI=1S/C21H33N3O.ClH/c1-5-7-12-24(16-17(3)6-2)13-11-22-20-15-19(25-4)14-18-9-8-10-23-21(18)20;/h8-10,14-15,17,22H,5-7,11-13,16H2,1-4H3;1H. The zero-order valence-electron chi connectivity index (χ0n) is 16.6. The van der Waals surface area contributed by atoms with Gasteiger partial charge in [0, 0.05) is 37.3 Å². The highest BCUT2D eigenvalue weighted by Crippen LogP contribution is 2.27. The van der Waals surface area contributed by atoms with E-state index in [0.717, 1.165) is 41.3 Å². The summed E-state index contributed by atoms with van der Waals surface area (Å²) in [5.74, 6) is 1.61. The zero-order chi connectivity index (χ0) is 18.1.